The van der Waals surface area contributed by atoms with Gasteiger partial charge in [0, 0.05) is 24.2 Å². The van der Waals surface area contributed by atoms with E-state index in [2.05, 4.69) is 16.3 Å². The third-order valence-electron chi connectivity index (χ3n) is 4.54. The Morgan fingerprint density at radius 2 is 2.08 bits per heavy atom. The number of piperidine rings is 1. The zero-order valence-electron chi connectivity index (χ0n) is 15.1. The van der Waals surface area contributed by atoms with Crippen LogP contribution < -0.4 is 5.32 Å². The summed E-state index contributed by atoms with van der Waals surface area (Å²) in [4.78, 5) is 13.9. The maximum atomic E-state index is 11.5. The summed E-state index contributed by atoms with van der Waals surface area (Å²) in [6.45, 7) is 7.01. The van der Waals surface area contributed by atoms with Crippen molar-refractivity contribution in [2.75, 3.05) is 26.2 Å². The summed E-state index contributed by atoms with van der Waals surface area (Å²) in [5.74, 6) is -0.358. The van der Waals surface area contributed by atoms with Crippen LogP contribution in [0.25, 0.3) is 0 Å². The summed E-state index contributed by atoms with van der Waals surface area (Å²) >= 11 is 6.23. The number of likely N-dealkylation sites (tertiary alicyclic amines) is 1. The quantitative estimate of drug-likeness (QED) is 0.690. The predicted octanol–water partition coefficient (Wildman–Crippen LogP) is 2.60. The van der Waals surface area contributed by atoms with Crippen LogP contribution in [0.3, 0.4) is 0 Å². The second-order valence-corrected chi connectivity index (χ2v) is 7.41. The lowest BCUT2D eigenvalue weighted by atomic mass is 9.99. The van der Waals surface area contributed by atoms with Gasteiger partial charge in [0.05, 0.1) is 18.6 Å². The van der Waals surface area contributed by atoms with Gasteiger partial charge in [-0.25, -0.2) is 0 Å². The number of ether oxygens (including phenoxy) is 1. The number of esters is 1. The summed E-state index contributed by atoms with van der Waals surface area (Å²) in [5, 5.41) is 14.5. The molecule has 1 atom stereocenters. The standard InChI is InChI=1S/C19H29ClN2O3/c1-3-25-18(23)12-19(2,24)14-21-16-8-10-22(11-9-16)13-15-6-4-5-7-17(15)20/h4-7,16,21,24H,3,8-14H2,1-2H3. The Morgan fingerprint density at radius 3 is 2.72 bits per heavy atom. The molecular weight excluding hydrogens is 340 g/mol. The van der Waals surface area contributed by atoms with Gasteiger partial charge in [-0.1, -0.05) is 29.8 Å². The largest absolute Gasteiger partial charge is 0.466 e. The number of nitrogens with zero attached hydrogens (tertiary/aromatic N) is 1. The van der Waals surface area contributed by atoms with E-state index in [4.69, 9.17) is 16.3 Å². The van der Waals surface area contributed by atoms with Crippen LogP contribution in [0.5, 0.6) is 0 Å². The molecule has 0 amide bonds. The van der Waals surface area contributed by atoms with Gasteiger partial charge in [0.2, 0.25) is 0 Å². The molecular formula is C19H29ClN2O3. The van der Waals surface area contributed by atoms with E-state index in [-0.39, 0.29) is 12.4 Å². The summed E-state index contributed by atoms with van der Waals surface area (Å²) in [5.41, 5.74) is 0.0777. The van der Waals surface area contributed by atoms with E-state index in [0.717, 1.165) is 43.1 Å². The van der Waals surface area contributed by atoms with Gasteiger partial charge in [-0.15, -0.1) is 0 Å². The number of hydrogen-bond acceptors (Lipinski definition) is 5. The molecule has 1 aromatic rings. The van der Waals surface area contributed by atoms with Gasteiger partial charge < -0.3 is 15.2 Å². The van der Waals surface area contributed by atoms with E-state index >= 15 is 0 Å². The maximum absolute atomic E-state index is 11.5. The molecule has 1 aliphatic rings. The topological polar surface area (TPSA) is 61.8 Å². The first kappa shape index (κ1) is 20.2. The van der Waals surface area contributed by atoms with Gasteiger partial charge >= 0.3 is 5.97 Å². The fraction of sp³-hybridized carbons (Fsp3) is 0.632. The Balaban J connectivity index is 1.71. The lowest BCUT2D eigenvalue weighted by Crippen LogP contribution is -2.48. The first-order chi connectivity index (χ1) is 11.9. The Morgan fingerprint density at radius 1 is 1.40 bits per heavy atom. The molecule has 1 unspecified atom stereocenters. The fourth-order valence-corrected chi connectivity index (χ4v) is 3.31. The number of rotatable bonds is 8. The van der Waals surface area contributed by atoms with Crippen molar-refractivity contribution in [3.8, 4) is 0 Å². The average molecular weight is 369 g/mol. The number of carbonyl (C=O) groups is 1. The Hall–Kier alpha value is -1.14. The molecule has 6 heteroatoms. The monoisotopic (exact) mass is 368 g/mol. The summed E-state index contributed by atoms with van der Waals surface area (Å²) in [7, 11) is 0. The molecule has 0 spiro atoms. The van der Waals surface area contributed by atoms with E-state index in [9.17, 15) is 9.90 Å². The SMILES string of the molecule is CCOC(=O)CC(C)(O)CNC1CCN(Cc2ccccc2Cl)CC1. The van der Waals surface area contributed by atoms with Crippen molar-refractivity contribution in [1.29, 1.82) is 0 Å². The van der Waals surface area contributed by atoms with Crippen LogP contribution in [0.1, 0.15) is 38.7 Å². The highest BCUT2D eigenvalue weighted by molar-refractivity contribution is 6.31. The third kappa shape index (κ3) is 6.94. The van der Waals surface area contributed by atoms with E-state index in [1.54, 1.807) is 13.8 Å². The van der Waals surface area contributed by atoms with Crippen LogP contribution in [0.4, 0.5) is 0 Å². The molecule has 140 valence electrons. The molecule has 2 N–H and O–H groups in total. The van der Waals surface area contributed by atoms with Crippen LogP contribution >= 0.6 is 11.6 Å². The normalized spacial score (nSPS) is 18.7. The highest BCUT2D eigenvalue weighted by atomic mass is 35.5. The lowest BCUT2D eigenvalue weighted by molar-refractivity contribution is -0.148. The van der Waals surface area contributed by atoms with E-state index in [1.807, 2.05) is 18.2 Å². The molecule has 0 saturated carbocycles. The minimum atomic E-state index is -1.08. The van der Waals surface area contributed by atoms with E-state index in [1.165, 1.54) is 0 Å². The predicted molar refractivity (Wildman–Crippen MR) is 99.6 cm³/mol. The number of aliphatic hydroxyl groups is 1. The van der Waals surface area contributed by atoms with Gasteiger partial charge in [0.25, 0.3) is 0 Å². The third-order valence-corrected chi connectivity index (χ3v) is 4.91. The van der Waals surface area contributed by atoms with Crippen molar-refractivity contribution >= 4 is 17.6 Å². The highest BCUT2D eigenvalue weighted by Gasteiger charge is 2.27. The van der Waals surface area contributed by atoms with Crippen molar-refractivity contribution in [1.82, 2.24) is 10.2 Å². The molecule has 1 aliphatic heterocycles. The maximum Gasteiger partial charge on any atom is 0.308 e. The number of hydrogen-bond donors (Lipinski definition) is 2. The summed E-state index contributed by atoms with van der Waals surface area (Å²) in [6, 6.07) is 8.32. The molecule has 1 fully saturated rings. The number of carbonyl (C=O) groups excluding carboxylic acids is 1. The highest BCUT2D eigenvalue weighted by Crippen LogP contribution is 2.20. The number of benzene rings is 1. The Labute approximate surface area is 155 Å². The van der Waals surface area contributed by atoms with Crippen molar-refractivity contribution in [3.05, 3.63) is 34.9 Å². The molecule has 0 aromatic heterocycles. The summed E-state index contributed by atoms with van der Waals surface area (Å²) < 4.78 is 4.91. The smallest absolute Gasteiger partial charge is 0.308 e. The molecule has 5 nitrogen and oxygen atoms in total. The zero-order chi connectivity index (χ0) is 18.3. The second kappa shape index (κ2) is 9.53. The molecule has 1 aromatic carbocycles. The average Bonchev–Trinajstić information content (AvgIpc) is 2.56. The van der Waals surface area contributed by atoms with Crippen molar-refractivity contribution in [2.45, 2.75) is 51.3 Å². The molecule has 1 heterocycles. The minimum Gasteiger partial charge on any atom is -0.466 e. The van der Waals surface area contributed by atoms with Crippen LogP contribution in [0.2, 0.25) is 5.02 Å². The molecule has 1 saturated heterocycles. The molecule has 0 aliphatic carbocycles. The van der Waals surface area contributed by atoms with Crippen LogP contribution in [-0.4, -0.2) is 53.9 Å². The lowest BCUT2D eigenvalue weighted by Gasteiger charge is -2.34. The molecule has 0 radical (unpaired) electrons. The zero-order valence-corrected chi connectivity index (χ0v) is 15.9. The van der Waals surface area contributed by atoms with Crippen LogP contribution in [-0.2, 0) is 16.1 Å². The first-order valence-electron chi connectivity index (χ1n) is 8.97. The molecule has 25 heavy (non-hydrogen) atoms. The van der Waals surface area contributed by atoms with Crippen molar-refractivity contribution < 1.29 is 14.6 Å². The first-order valence-corrected chi connectivity index (χ1v) is 9.34. The van der Waals surface area contributed by atoms with Crippen LogP contribution in [0, 0.1) is 0 Å². The molecule has 2 rings (SSSR count). The van der Waals surface area contributed by atoms with Crippen LogP contribution in [0.15, 0.2) is 24.3 Å². The van der Waals surface area contributed by atoms with Gasteiger partial charge in [-0.3, -0.25) is 9.69 Å². The Kier molecular flexibility index (Phi) is 7.69. The van der Waals surface area contributed by atoms with Gasteiger partial charge in [-0.05, 0) is 51.4 Å². The second-order valence-electron chi connectivity index (χ2n) is 7.00. The minimum absolute atomic E-state index is 0.0131. The Bertz CT molecular complexity index is 557. The van der Waals surface area contributed by atoms with Crippen molar-refractivity contribution in [3.63, 3.8) is 0 Å². The van der Waals surface area contributed by atoms with Gasteiger partial charge in [0.1, 0.15) is 0 Å². The number of nitrogens with one attached hydrogen (secondary N) is 1. The van der Waals surface area contributed by atoms with Crippen molar-refractivity contribution in [2.24, 2.45) is 0 Å². The van der Waals surface area contributed by atoms with E-state index in [0.29, 0.717) is 19.2 Å². The van der Waals surface area contributed by atoms with E-state index < -0.39 is 5.60 Å². The van der Waals surface area contributed by atoms with Gasteiger partial charge in [-0.2, -0.15) is 0 Å². The number of halogens is 1. The van der Waals surface area contributed by atoms with Gasteiger partial charge in [0.15, 0.2) is 0 Å². The fourth-order valence-electron chi connectivity index (χ4n) is 3.11. The molecule has 0 bridgehead atoms. The summed E-state index contributed by atoms with van der Waals surface area (Å²) in [6.07, 6.45) is 2.04.